The van der Waals surface area contributed by atoms with Crippen molar-refractivity contribution in [3.05, 3.63) is 78.5 Å². The van der Waals surface area contributed by atoms with Crippen molar-refractivity contribution >= 4 is 33.3 Å². The maximum absolute atomic E-state index is 12.5. The van der Waals surface area contributed by atoms with Gasteiger partial charge >= 0.3 is 6.36 Å². The van der Waals surface area contributed by atoms with E-state index in [4.69, 9.17) is 0 Å². The van der Waals surface area contributed by atoms with E-state index in [0.717, 1.165) is 29.3 Å². The van der Waals surface area contributed by atoms with Crippen LogP contribution in [-0.2, 0) is 17.1 Å². The first-order valence-corrected chi connectivity index (χ1v) is 11.6. The van der Waals surface area contributed by atoms with Crippen LogP contribution in [0.1, 0.15) is 17.8 Å². The smallest absolute Gasteiger partial charge is 0.406 e. The Morgan fingerprint density at radius 3 is 2.24 bits per heavy atom. The minimum absolute atomic E-state index is 0. The van der Waals surface area contributed by atoms with Crippen LogP contribution in [-0.4, -0.2) is 26.3 Å². The molecule has 0 bridgehead atoms. The lowest BCUT2D eigenvalue weighted by molar-refractivity contribution is -0.708. The summed E-state index contributed by atoms with van der Waals surface area (Å²) in [5.74, 6) is -0.426. The number of halogens is 3. The SMILES string of the molecule is C.C[n+]1ccccc1SCC(=O)c1ccc(NS(=O)(=O)c2ccc(OC(F)(F)F)cc2)cc1. The number of Topliss-reactive ketones (excluding diaryl/α,β-unsaturated/α-hetero) is 1. The quantitative estimate of drug-likeness (QED) is 0.273. The molecule has 0 atom stereocenters. The zero-order valence-electron chi connectivity index (χ0n) is 16.7. The third-order valence-electron chi connectivity index (χ3n) is 4.19. The summed E-state index contributed by atoms with van der Waals surface area (Å²) in [6.45, 7) is 0. The monoisotopic (exact) mass is 499 g/mol. The van der Waals surface area contributed by atoms with E-state index < -0.39 is 22.1 Å². The Labute approximate surface area is 194 Å². The number of anilines is 1. The molecule has 176 valence electrons. The van der Waals surface area contributed by atoms with E-state index in [1.54, 1.807) is 0 Å². The van der Waals surface area contributed by atoms with Crippen molar-refractivity contribution in [1.82, 2.24) is 0 Å². The van der Waals surface area contributed by atoms with Crippen LogP contribution in [0.3, 0.4) is 0 Å². The first-order valence-electron chi connectivity index (χ1n) is 9.13. The number of hydrogen-bond donors (Lipinski definition) is 1. The third-order valence-corrected chi connectivity index (χ3v) is 6.71. The van der Waals surface area contributed by atoms with Crippen LogP contribution in [0.2, 0.25) is 0 Å². The van der Waals surface area contributed by atoms with E-state index in [2.05, 4.69) is 9.46 Å². The highest BCUT2D eigenvalue weighted by atomic mass is 32.2. The fourth-order valence-corrected chi connectivity index (χ4v) is 4.58. The second kappa shape index (κ2) is 10.7. The summed E-state index contributed by atoms with van der Waals surface area (Å²) >= 11 is 1.39. The van der Waals surface area contributed by atoms with Gasteiger partial charge in [-0.25, -0.2) is 8.42 Å². The van der Waals surface area contributed by atoms with Crippen LogP contribution in [0.5, 0.6) is 5.75 Å². The molecule has 11 heteroatoms. The second-order valence-electron chi connectivity index (χ2n) is 6.56. The van der Waals surface area contributed by atoms with Gasteiger partial charge < -0.3 is 4.74 Å². The number of nitrogens with one attached hydrogen (secondary N) is 1. The Balaban J connectivity index is 0.00000385. The molecule has 6 nitrogen and oxygen atoms in total. The lowest BCUT2D eigenvalue weighted by Gasteiger charge is -2.11. The molecule has 1 N–H and O–H groups in total. The topological polar surface area (TPSA) is 76.4 Å². The molecule has 3 aromatic rings. The van der Waals surface area contributed by atoms with Crippen LogP contribution in [0.4, 0.5) is 18.9 Å². The van der Waals surface area contributed by atoms with E-state index in [1.807, 2.05) is 36.0 Å². The number of carbonyl (C=O) groups is 1. The van der Waals surface area contributed by atoms with Crippen LogP contribution in [0, 0.1) is 0 Å². The van der Waals surface area contributed by atoms with Crippen molar-refractivity contribution in [2.75, 3.05) is 10.5 Å². The zero-order chi connectivity index (χ0) is 23.4. The van der Waals surface area contributed by atoms with Gasteiger partial charge in [-0.2, -0.15) is 4.57 Å². The van der Waals surface area contributed by atoms with E-state index in [0.29, 0.717) is 5.56 Å². The van der Waals surface area contributed by atoms with Gasteiger partial charge in [-0.1, -0.05) is 7.43 Å². The number of aryl methyl sites for hydroxylation is 1. The van der Waals surface area contributed by atoms with E-state index in [-0.39, 0.29) is 29.5 Å². The van der Waals surface area contributed by atoms with Crippen molar-refractivity contribution in [1.29, 1.82) is 0 Å². The number of nitrogens with zero attached hydrogens (tertiary/aromatic N) is 1. The first kappa shape index (κ1) is 26.2. The molecule has 2 aromatic carbocycles. The average Bonchev–Trinajstić information content (AvgIpc) is 2.72. The van der Waals surface area contributed by atoms with Gasteiger partial charge in [0.1, 0.15) is 12.8 Å². The summed E-state index contributed by atoms with van der Waals surface area (Å²) in [4.78, 5) is 12.2. The molecule has 0 spiro atoms. The van der Waals surface area contributed by atoms with Crippen molar-refractivity contribution < 1.29 is 35.7 Å². The maximum Gasteiger partial charge on any atom is 0.573 e. The molecule has 0 radical (unpaired) electrons. The highest BCUT2D eigenvalue weighted by molar-refractivity contribution is 7.99. The van der Waals surface area contributed by atoms with E-state index in [9.17, 15) is 26.4 Å². The van der Waals surface area contributed by atoms with Gasteiger partial charge in [-0.15, -0.1) is 13.2 Å². The Kier molecular flexibility index (Phi) is 8.51. The summed E-state index contributed by atoms with van der Waals surface area (Å²) in [5, 5.41) is 0.928. The number of ketones is 1. The van der Waals surface area contributed by atoms with Gasteiger partial charge in [0.2, 0.25) is 5.03 Å². The van der Waals surface area contributed by atoms with Crippen LogP contribution < -0.4 is 14.0 Å². The molecule has 1 heterocycles. The molecule has 0 aliphatic heterocycles. The summed E-state index contributed by atoms with van der Waals surface area (Å²) in [6.07, 6.45) is -2.99. The van der Waals surface area contributed by atoms with Gasteiger partial charge in [0.15, 0.2) is 12.0 Å². The summed E-state index contributed by atoms with van der Waals surface area (Å²) in [6, 6.07) is 15.4. The Morgan fingerprint density at radius 2 is 1.67 bits per heavy atom. The van der Waals surface area contributed by atoms with Crippen molar-refractivity contribution in [2.45, 2.75) is 23.7 Å². The van der Waals surface area contributed by atoms with Crippen LogP contribution in [0.25, 0.3) is 0 Å². The standard InChI is InChI=1S/C21H17F3N2O4S2.CH4/c1-26-13-3-2-4-20(26)31-14-19(27)15-5-7-16(8-6-15)25-32(28,29)18-11-9-17(10-12-18)30-21(22,23)24;/h2-13H,14H2,1H3;1H4/p+1. The number of alkyl halides is 3. The van der Waals surface area contributed by atoms with Crippen molar-refractivity contribution in [2.24, 2.45) is 7.05 Å². The molecular weight excluding hydrogens is 477 g/mol. The number of hydrogen-bond acceptors (Lipinski definition) is 5. The summed E-state index contributed by atoms with van der Waals surface area (Å²) in [5.41, 5.74) is 0.631. The van der Waals surface area contributed by atoms with E-state index >= 15 is 0 Å². The Bertz CT molecular complexity index is 1200. The van der Waals surface area contributed by atoms with Crippen LogP contribution >= 0.6 is 11.8 Å². The number of carbonyl (C=O) groups excluding carboxylic acids is 1. The van der Waals surface area contributed by atoms with Crippen molar-refractivity contribution in [3.8, 4) is 5.75 Å². The molecule has 0 unspecified atom stereocenters. The normalized spacial score (nSPS) is 11.4. The minimum Gasteiger partial charge on any atom is -0.406 e. The van der Waals surface area contributed by atoms with Gasteiger partial charge in [0.25, 0.3) is 10.0 Å². The molecule has 33 heavy (non-hydrogen) atoms. The van der Waals surface area contributed by atoms with Crippen LogP contribution in [0.15, 0.2) is 82.8 Å². The number of aromatic nitrogens is 1. The molecule has 1 aromatic heterocycles. The predicted molar refractivity (Wildman–Crippen MR) is 120 cm³/mol. The molecule has 0 aliphatic carbocycles. The zero-order valence-corrected chi connectivity index (χ0v) is 18.3. The largest absolute Gasteiger partial charge is 0.573 e. The molecule has 0 aliphatic rings. The first-order chi connectivity index (χ1) is 15.0. The Hall–Kier alpha value is -3.05. The second-order valence-corrected chi connectivity index (χ2v) is 9.24. The highest BCUT2D eigenvalue weighted by Gasteiger charge is 2.31. The fourth-order valence-electron chi connectivity index (χ4n) is 2.64. The molecule has 0 saturated heterocycles. The molecule has 0 amide bonds. The molecular formula is C22H22F3N2O4S2+. The number of ether oxygens (including phenoxy) is 1. The Morgan fingerprint density at radius 1 is 1.03 bits per heavy atom. The van der Waals surface area contributed by atoms with Gasteiger partial charge in [-0.05, 0) is 66.4 Å². The predicted octanol–water partition coefficient (Wildman–Crippen LogP) is 4.82. The molecule has 3 rings (SSSR count). The summed E-state index contributed by atoms with van der Waals surface area (Å²) < 4.78 is 69.6. The van der Waals surface area contributed by atoms with E-state index in [1.165, 1.54) is 36.0 Å². The minimum atomic E-state index is -4.87. The summed E-state index contributed by atoms with van der Waals surface area (Å²) in [7, 11) is -2.16. The lowest BCUT2D eigenvalue weighted by atomic mass is 10.1. The number of sulfonamides is 1. The van der Waals surface area contributed by atoms with Gasteiger partial charge in [0.05, 0.1) is 10.6 Å². The fraction of sp³-hybridized carbons (Fsp3) is 0.182. The maximum atomic E-state index is 12.5. The highest BCUT2D eigenvalue weighted by Crippen LogP contribution is 2.25. The number of thioether (sulfide) groups is 1. The average molecular weight is 500 g/mol. The molecule has 0 saturated carbocycles. The lowest BCUT2D eigenvalue weighted by Crippen LogP contribution is -2.30. The number of benzene rings is 2. The van der Waals surface area contributed by atoms with Gasteiger partial charge in [-0.3, -0.25) is 9.52 Å². The molecule has 0 fully saturated rings. The number of pyridine rings is 1. The number of rotatable bonds is 8. The van der Waals surface area contributed by atoms with Gasteiger partial charge in [0, 0.05) is 23.4 Å². The third kappa shape index (κ3) is 7.50. The van der Waals surface area contributed by atoms with Crippen molar-refractivity contribution in [3.63, 3.8) is 0 Å².